The Kier molecular flexibility index (Phi) is 3.17. The predicted molar refractivity (Wildman–Crippen MR) is 79.0 cm³/mol. The molecule has 0 saturated carbocycles. The van der Waals surface area contributed by atoms with Crippen molar-refractivity contribution in [3.05, 3.63) is 48.5 Å². The van der Waals surface area contributed by atoms with E-state index in [1.807, 2.05) is 36.4 Å². The summed E-state index contributed by atoms with van der Waals surface area (Å²) in [5.41, 5.74) is 2.03. The molecule has 0 saturated heterocycles. The van der Waals surface area contributed by atoms with Crippen LogP contribution in [0, 0.1) is 0 Å². The number of pyridine rings is 1. The van der Waals surface area contributed by atoms with Crippen LogP contribution >= 0.6 is 0 Å². The summed E-state index contributed by atoms with van der Waals surface area (Å²) in [6.45, 7) is 0. The van der Waals surface area contributed by atoms with Gasteiger partial charge in [0.05, 0.1) is 16.7 Å². The van der Waals surface area contributed by atoms with E-state index in [0.29, 0.717) is 11.2 Å². The lowest BCUT2D eigenvalue weighted by atomic mass is 10.1. The lowest BCUT2D eigenvalue weighted by Gasteiger charge is -2.08. The molecule has 0 aliphatic heterocycles. The number of hydrogen-bond acceptors (Lipinski definition) is 3. The van der Waals surface area contributed by atoms with Crippen LogP contribution in [0.1, 0.15) is 0 Å². The van der Waals surface area contributed by atoms with E-state index in [0.717, 1.165) is 16.3 Å². The fraction of sp³-hybridized carbons (Fsp3) is 0. The topological polar surface area (TPSA) is 79.3 Å². The molecule has 1 heterocycles. The third-order valence-corrected chi connectivity index (χ3v) is 3.38. The van der Waals surface area contributed by atoms with Crippen molar-refractivity contribution in [2.75, 3.05) is 5.32 Å². The van der Waals surface area contributed by atoms with Gasteiger partial charge in [-0.2, -0.15) is 0 Å². The van der Waals surface area contributed by atoms with Crippen LogP contribution in [0.4, 0.5) is 10.5 Å². The van der Waals surface area contributed by atoms with E-state index >= 15 is 0 Å². The zero-order valence-corrected chi connectivity index (χ0v) is 11.1. The Balaban J connectivity index is 2.20. The summed E-state index contributed by atoms with van der Waals surface area (Å²) in [4.78, 5) is 15.8. The highest BCUT2D eigenvalue weighted by atomic mass is 32.2. The molecule has 0 spiro atoms. The predicted octanol–water partition coefficient (Wildman–Crippen LogP) is 3.14. The quantitative estimate of drug-likeness (QED) is 0.532. The maximum atomic E-state index is 11.3. The van der Waals surface area contributed by atoms with E-state index in [-0.39, 0.29) is 0 Å². The number of nitrogens with zero attached hydrogens (tertiary/aromatic N) is 1. The Labute approximate surface area is 116 Å². The molecule has 2 aromatic carbocycles. The summed E-state index contributed by atoms with van der Waals surface area (Å²) in [7, 11) is 0. The number of carbonyl (C=O) groups excluding carboxylic acids is 1. The maximum Gasteiger partial charge on any atom is 0.340 e. The van der Waals surface area contributed by atoms with E-state index in [2.05, 4.69) is 10.3 Å². The highest BCUT2D eigenvalue weighted by Crippen LogP contribution is 2.26. The summed E-state index contributed by atoms with van der Waals surface area (Å²) in [6, 6.07) is 14.8. The smallest absolute Gasteiger partial charge is 0.312 e. The molecule has 0 bridgehead atoms. The van der Waals surface area contributed by atoms with Gasteiger partial charge in [0, 0.05) is 10.8 Å². The number of aromatic nitrogens is 1. The van der Waals surface area contributed by atoms with Gasteiger partial charge >= 0.3 is 5.24 Å². The molecule has 6 heteroatoms. The van der Waals surface area contributed by atoms with E-state index < -0.39 is 16.3 Å². The van der Waals surface area contributed by atoms with Crippen LogP contribution in [-0.2, 0) is 11.1 Å². The number of nitrogens with one attached hydrogen (secondary N) is 1. The molecule has 0 fully saturated rings. The van der Waals surface area contributed by atoms with Crippen LogP contribution in [0.5, 0.6) is 0 Å². The number of fused-ring (bicyclic) bond motifs is 2. The minimum Gasteiger partial charge on any atom is -0.312 e. The Bertz CT molecular complexity index is 848. The van der Waals surface area contributed by atoms with E-state index in [1.54, 1.807) is 12.1 Å². The fourth-order valence-electron chi connectivity index (χ4n) is 2.06. The van der Waals surface area contributed by atoms with Crippen LogP contribution in [0.25, 0.3) is 21.8 Å². The molecule has 1 aromatic heterocycles. The number of benzene rings is 2. The van der Waals surface area contributed by atoms with E-state index in [9.17, 15) is 9.00 Å². The first kappa shape index (κ1) is 12.7. The first-order valence-electron chi connectivity index (χ1n) is 5.85. The second kappa shape index (κ2) is 4.99. The highest BCUT2D eigenvalue weighted by molar-refractivity contribution is 7.95. The van der Waals surface area contributed by atoms with Crippen molar-refractivity contribution in [1.82, 2.24) is 4.98 Å². The molecule has 1 amide bonds. The van der Waals surface area contributed by atoms with Gasteiger partial charge in [-0.25, -0.2) is 9.19 Å². The zero-order chi connectivity index (χ0) is 14.1. The minimum atomic E-state index is -2.55. The van der Waals surface area contributed by atoms with Gasteiger partial charge in [0.15, 0.2) is 0 Å². The Hall–Kier alpha value is -2.31. The van der Waals surface area contributed by atoms with Gasteiger partial charge in [-0.05, 0) is 24.3 Å². The average molecular weight is 286 g/mol. The van der Waals surface area contributed by atoms with Gasteiger partial charge in [0.2, 0.25) is 11.1 Å². The number of anilines is 1. The maximum absolute atomic E-state index is 11.3. The largest absolute Gasteiger partial charge is 0.340 e. The van der Waals surface area contributed by atoms with Crippen molar-refractivity contribution < 1.29 is 13.6 Å². The highest BCUT2D eigenvalue weighted by Gasteiger charge is 2.11. The molecule has 3 aromatic rings. The van der Waals surface area contributed by atoms with Gasteiger partial charge in [0.25, 0.3) is 0 Å². The summed E-state index contributed by atoms with van der Waals surface area (Å²) in [6.07, 6.45) is 0. The Morgan fingerprint density at radius 1 is 1.10 bits per heavy atom. The molecular formula is C14H10N2O3S. The van der Waals surface area contributed by atoms with Crippen molar-refractivity contribution in [3.8, 4) is 0 Å². The van der Waals surface area contributed by atoms with Crippen LogP contribution in [0.15, 0.2) is 48.5 Å². The summed E-state index contributed by atoms with van der Waals surface area (Å²) >= 11 is -2.55. The molecule has 1 atom stereocenters. The third kappa shape index (κ3) is 2.26. The first-order chi connectivity index (χ1) is 9.65. The van der Waals surface area contributed by atoms with Crippen molar-refractivity contribution in [3.63, 3.8) is 0 Å². The number of para-hydroxylation sites is 1. The standard InChI is InChI=1S/C14H10N2O3S/c17-14(20(18)19)16-13-7-3-6-12-10(13)8-9-4-1-2-5-11(9)15-12/h1-8H,(H,16,17)(H,18,19). The second-order valence-corrected chi connectivity index (χ2v) is 5.08. The monoisotopic (exact) mass is 286 g/mol. The lowest BCUT2D eigenvalue weighted by Crippen LogP contribution is -2.14. The summed E-state index contributed by atoms with van der Waals surface area (Å²) in [5.74, 6) is 0. The molecule has 100 valence electrons. The number of hydrogen-bond donors (Lipinski definition) is 2. The minimum absolute atomic E-state index is 0.466. The van der Waals surface area contributed by atoms with Gasteiger partial charge in [0.1, 0.15) is 0 Å². The Morgan fingerprint density at radius 3 is 2.65 bits per heavy atom. The van der Waals surface area contributed by atoms with Crippen LogP contribution in [-0.4, -0.2) is 19.0 Å². The van der Waals surface area contributed by atoms with Gasteiger partial charge < -0.3 is 5.32 Å². The molecule has 5 nitrogen and oxygen atoms in total. The van der Waals surface area contributed by atoms with Gasteiger partial charge in [-0.3, -0.25) is 9.35 Å². The van der Waals surface area contributed by atoms with Crippen LogP contribution in [0.2, 0.25) is 0 Å². The summed E-state index contributed by atoms with van der Waals surface area (Å²) in [5, 5.41) is 3.13. The molecule has 0 radical (unpaired) electrons. The van der Waals surface area contributed by atoms with Crippen molar-refractivity contribution in [2.24, 2.45) is 0 Å². The van der Waals surface area contributed by atoms with Gasteiger partial charge in [-0.1, -0.05) is 24.3 Å². The molecular weight excluding hydrogens is 276 g/mol. The number of amides is 1. The van der Waals surface area contributed by atoms with E-state index in [4.69, 9.17) is 4.55 Å². The molecule has 2 N–H and O–H groups in total. The molecule has 1 unspecified atom stereocenters. The number of rotatable bonds is 1. The van der Waals surface area contributed by atoms with Crippen molar-refractivity contribution in [1.29, 1.82) is 0 Å². The fourth-order valence-corrected chi connectivity index (χ4v) is 2.26. The first-order valence-corrected chi connectivity index (χ1v) is 6.96. The molecule has 3 rings (SSSR count). The SMILES string of the molecule is O=C(Nc1cccc2nc3ccccc3cc12)S(=O)O. The van der Waals surface area contributed by atoms with Crippen molar-refractivity contribution in [2.45, 2.75) is 0 Å². The van der Waals surface area contributed by atoms with Crippen molar-refractivity contribution >= 4 is 43.8 Å². The molecule has 20 heavy (non-hydrogen) atoms. The third-order valence-electron chi connectivity index (χ3n) is 2.96. The lowest BCUT2D eigenvalue weighted by molar-refractivity contribution is 0.267. The Morgan fingerprint density at radius 2 is 1.85 bits per heavy atom. The van der Waals surface area contributed by atoms with Crippen LogP contribution < -0.4 is 5.32 Å². The van der Waals surface area contributed by atoms with Crippen LogP contribution in [0.3, 0.4) is 0 Å². The zero-order valence-electron chi connectivity index (χ0n) is 10.2. The van der Waals surface area contributed by atoms with Gasteiger partial charge in [-0.15, -0.1) is 0 Å². The second-order valence-electron chi connectivity index (χ2n) is 4.21. The average Bonchev–Trinajstić information content (AvgIpc) is 2.45. The summed E-state index contributed by atoms with van der Waals surface area (Å²) < 4.78 is 19.5. The number of carbonyl (C=O) groups is 1. The molecule has 0 aliphatic rings. The van der Waals surface area contributed by atoms with E-state index in [1.165, 1.54) is 0 Å². The normalized spacial score (nSPS) is 12.4. The molecule has 0 aliphatic carbocycles.